The summed E-state index contributed by atoms with van der Waals surface area (Å²) in [7, 11) is 1.80. The largest absolute Gasteiger partial charge is 0.357 e. The van der Waals surface area contributed by atoms with Crippen LogP contribution in [0.5, 0.6) is 0 Å². The van der Waals surface area contributed by atoms with Crippen molar-refractivity contribution in [3.8, 4) is 11.1 Å². The summed E-state index contributed by atoms with van der Waals surface area (Å²) in [6.07, 6.45) is 7.01. The summed E-state index contributed by atoms with van der Waals surface area (Å²) in [5, 5.41) is 2.22. The van der Waals surface area contributed by atoms with Gasteiger partial charge in [0, 0.05) is 48.1 Å². The lowest BCUT2D eigenvalue weighted by Crippen LogP contribution is -2.16. The first-order valence-corrected chi connectivity index (χ1v) is 8.38. The number of hydrogen-bond donors (Lipinski definition) is 1. The van der Waals surface area contributed by atoms with Gasteiger partial charge in [-0.3, -0.25) is 4.79 Å². The highest BCUT2D eigenvalue weighted by Gasteiger charge is 2.12. The van der Waals surface area contributed by atoms with Crippen molar-refractivity contribution >= 4 is 21.8 Å². The second-order valence-corrected chi connectivity index (χ2v) is 6.48. The second kappa shape index (κ2) is 5.41. The fourth-order valence-corrected chi connectivity index (χ4v) is 3.40. The summed E-state index contributed by atoms with van der Waals surface area (Å²) in [5.74, 6) is 0. The van der Waals surface area contributed by atoms with Crippen molar-refractivity contribution in [1.29, 1.82) is 0 Å². The van der Waals surface area contributed by atoms with Crippen molar-refractivity contribution in [3.63, 3.8) is 0 Å². The molecule has 0 fully saturated rings. The first-order chi connectivity index (χ1) is 11.6. The van der Waals surface area contributed by atoms with Gasteiger partial charge >= 0.3 is 0 Å². The predicted octanol–water partition coefficient (Wildman–Crippen LogP) is 4.46. The van der Waals surface area contributed by atoms with Crippen LogP contribution in [0.2, 0.25) is 0 Å². The molecular formula is C20H21N3O. The van der Waals surface area contributed by atoms with Crippen LogP contribution >= 0.6 is 0 Å². The fraction of sp³-hybridized carbons (Fsp3) is 0.250. The zero-order valence-corrected chi connectivity index (χ0v) is 14.2. The third-order valence-corrected chi connectivity index (χ3v) is 4.99. The van der Waals surface area contributed by atoms with Gasteiger partial charge in [0.2, 0.25) is 0 Å². The van der Waals surface area contributed by atoms with Crippen LogP contribution < -0.4 is 5.56 Å². The maximum Gasteiger partial charge on any atom is 0.274 e. The Morgan fingerprint density at radius 1 is 1.21 bits per heavy atom. The standard InChI is InChI=1S/C20H21N3O/c1-4-13(2)23-10-8-14-5-6-15(11-18(14)23)17-12-22(3)20(24)19-16(17)7-9-21-19/h5-13,21H,4H2,1-3H3. The summed E-state index contributed by atoms with van der Waals surface area (Å²) in [6.45, 7) is 4.44. The van der Waals surface area contributed by atoms with E-state index >= 15 is 0 Å². The van der Waals surface area contributed by atoms with Crippen LogP contribution in [-0.4, -0.2) is 14.1 Å². The highest BCUT2D eigenvalue weighted by atomic mass is 16.1. The van der Waals surface area contributed by atoms with E-state index in [4.69, 9.17) is 0 Å². The maximum absolute atomic E-state index is 12.3. The third kappa shape index (κ3) is 2.10. The Bertz CT molecular complexity index is 1100. The molecule has 1 N–H and O–H groups in total. The van der Waals surface area contributed by atoms with Crippen molar-refractivity contribution < 1.29 is 0 Å². The van der Waals surface area contributed by atoms with Crippen LogP contribution in [0.1, 0.15) is 26.3 Å². The molecule has 0 saturated carbocycles. The zero-order valence-electron chi connectivity index (χ0n) is 14.2. The molecule has 0 aliphatic heterocycles. The molecule has 0 amide bonds. The van der Waals surface area contributed by atoms with Gasteiger partial charge in [-0.05, 0) is 42.5 Å². The molecule has 4 rings (SSSR count). The summed E-state index contributed by atoms with van der Waals surface area (Å²) in [5.41, 5.74) is 4.10. The Morgan fingerprint density at radius 2 is 2.04 bits per heavy atom. The number of nitrogens with one attached hydrogen (secondary N) is 1. The highest BCUT2D eigenvalue weighted by molar-refractivity contribution is 5.96. The average molecular weight is 319 g/mol. The van der Waals surface area contributed by atoms with Crippen LogP contribution in [0.4, 0.5) is 0 Å². The van der Waals surface area contributed by atoms with E-state index in [1.165, 1.54) is 10.9 Å². The summed E-state index contributed by atoms with van der Waals surface area (Å²) in [6, 6.07) is 11.1. The Hall–Kier alpha value is -2.75. The zero-order chi connectivity index (χ0) is 16.8. The summed E-state index contributed by atoms with van der Waals surface area (Å²) in [4.78, 5) is 15.3. The van der Waals surface area contributed by atoms with Gasteiger partial charge in [0.05, 0.1) is 0 Å². The molecule has 0 spiro atoms. The van der Waals surface area contributed by atoms with Crippen LogP contribution in [0.15, 0.2) is 53.7 Å². The van der Waals surface area contributed by atoms with Crippen molar-refractivity contribution in [2.45, 2.75) is 26.3 Å². The monoisotopic (exact) mass is 319 g/mol. The van der Waals surface area contributed by atoms with E-state index in [0.29, 0.717) is 11.6 Å². The van der Waals surface area contributed by atoms with E-state index < -0.39 is 0 Å². The van der Waals surface area contributed by atoms with E-state index in [-0.39, 0.29) is 5.56 Å². The molecule has 0 aliphatic carbocycles. The molecule has 4 nitrogen and oxygen atoms in total. The van der Waals surface area contributed by atoms with Gasteiger partial charge in [-0.1, -0.05) is 19.1 Å². The molecule has 122 valence electrons. The molecule has 0 aliphatic rings. The number of benzene rings is 1. The molecule has 4 heteroatoms. The lowest BCUT2D eigenvalue weighted by Gasteiger charge is -2.14. The maximum atomic E-state index is 12.3. The highest BCUT2D eigenvalue weighted by Crippen LogP contribution is 2.30. The number of aryl methyl sites for hydroxylation is 1. The van der Waals surface area contributed by atoms with Crippen molar-refractivity contribution in [3.05, 3.63) is 59.3 Å². The van der Waals surface area contributed by atoms with Gasteiger partial charge in [-0.25, -0.2) is 0 Å². The van der Waals surface area contributed by atoms with Gasteiger partial charge < -0.3 is 14.1 Å². The van der Waals surface area contributed by atoms with Gasteiger partial charge in [-0.15, -0.1) is 0 Å². The van der Waals surface area contributed by atoms with Crippen LogP contribution in [0.3, 0.4) is 0 Å². The minimum atomic E-state index is 0.00260. The van der Waals surface area contributed by atoms with Crippen LogP contribution in [0, 0.1) is 0 Å². The second-order valence-electron chi connectivity index (χ2n) is 6.48. The first kappa shape index (κ1) is 14.8. The molecule has 4 aromatic rings. The topological polar surface area (TPSA) is 42.7 Å². The normalized spacial score (nSPS) is 13.0. The lowest BCUT2D eigenvalue weighted by molar-refractivity contribution is 0.548. The van der Waals surface area contributed by atoms with Crippen LogP contribution in [-0.2, 0) is 7.05 Å². The Balaban J connectivity index is 1.99. The number of aromatic amines is 1. The molecule has 0 bridgehead atoms. The van der Waals surface area contributed by atoms with E-state index in [0.717, 1.165) is 22.9 Å². The third-order valence-electron chi connectivity index (χ3n) is 4.99. The molecule has 24 heavy (non-hydrogen) atoms. The first-order valence-electron chi connectivity index (χ1n) is 8.38. The summed E-state index contributed by atoms with van der Waals surface area (Å²) < 4.78 is 3.97. The predicted molar refractivity (Wildman–Crippen MR) is 99.5 cm³/mol. The Morgan fingerprint density at radius 3 is 2.83 bits per heavy atom. The SMILES string of the molecule is CCC(C)n1ccc2ccc(-c3cn(C)c(=O)c4[nH]ccc34)cc21. The van der Waals surface area contributed by atoms with Gasteiger partial charge in [0.1, 0.15) is 5.52 Å². The van der Waals surface area contributed by atoms with Crippen molar-refractivity contribution in [1.82, 2.24) is 14.1 Å². The molecule has 1 unspecified atom stereocenters. The van der Waals surface area contributed by atoms with Crippen molar-refractivity contribution in [2.75, 3.05) is 0 Å². The fourth-order valence-electron chi connectivity index (χ4n) is 3.40. The minimum Gasteiger partial charge on any atom is -0.357 e. The number of rotatable bonds is 3. The van der Waals surface area contributed by atoms with Gasteiger partial charge in [0.15, 0.2) is 0 Å². The van der Waals surface area contributed by atoms with E-state index in [1.807, 2.05) is 18.5 Å². The number of nitrogens with zero attached hydrogens (tertiary/aromatic N) is 2. The molecule has 1 atom stereocenters. The molecule has 3 heterocycles. The lowest BCUT2D eigenvalue weighted by atomic mass is 10.0. The number of fused-ring (bicyclic) bond motifs is 2. The van der Waals surface area contributed by atoms with Gasteiger partial charge in [-0.2, -0.15) is 0 Å². The van der Waals surface area contributed by atoms with E-state index in [1.54, 1.807) is 11.6 Å². The van der Waals surface area contributed by atoms with Crippen molar-refractivity contribution in [2.24, 2.45) is 7.05 Å². The quantitative estimate of drug-likeness (QED) is 0.595. The van der Waals surface area contributed by atoms with Gasteiger partial charge in [0.25, 0.3) is 5.56 Å². The number of H-pyrrole nitrogens is 1. The number of aromatic nitrogens is 3. The number of pyridine rings is 1. The minimum absolute atomic E-state index is 0.00260. The molecule has 3 aromatic heterocycles. The molecule has 0 radical (unpaired) electrons. The Labute approximate surface area is 140 Å². The van der Waals surface area contributed by atoms with E-state index in [9.17, 15) is 4.79 Å². The smallest absolute Gasteiger partial charge is 0.274 e. The molecule has 0 saturated heterocycles. The van der Waals surface area contributed by atoms with Crippen LogP contribution in [0.25, 0.3) is 32.9 Å². The Kier molecular flexibility index (Phi) is 3.34. The molecule has 1 aromatic carbocycles. The summed E-state index contributed by atoms with van der Waals surface area (Å²) >= 11 is 0. The number of hydrogen-bond acceptors (Lipinski definition) is 1. The molecular weight excluding hydrogens is 298 g/mol. The van der Waals surface area contributed by atoms with E-state index in [2.05, 4.69) is 53.9 Å². The average Bonchev–Trinajstić information content (AvgIpc) is 3.24.